The maximum Gasteiger partial charge on any atom is 0.202 e. The van der Waals surface area contributed by atoms with Gasteiger partial charge in [-0.25, -0.2) is 9.67 Å². The lowest BCUT2D eigenvalue weighted by atomic mass is 10.0. The van der Waals surface area contributed by atoms with E-state index in [0.29, 0.717) is 5.82 Å². The molecule has 4 nitrogen and oxygen atoms in total. The van der Waals surface area contributed by atoms with Crippen LogP contribution in [0.2, 0.25) is 0 Å². The van der Waals surface area contributed by atoms with Crippen LogP contribution in [-0.4, -0.2) is 20.5 Å². The molecule has 0 fully saturated rings. The summed E-state index contributed by atoms with van der Waals surface area (Å²) in [5.41, 5.74) is 0. The highest BCUT2D eigenvalue weighted by molar-refractivity contribution is 5.94. The molecule has 0 bridgehead atoms. The fraction of sp³-hybridized carbons (Fsp3) is 0.625. The highest BCUT2D eigenvalue weighted by Gasteiger charge is 2.17. The second-order valence-electron chi connectivity index (χ2n) is 2.88. The fourth-order valence-electron chi connectivity index (χ4n) is 0.925. The van der Waals surface area contributed by atoms with Gasteiger partial charge >= 0.3 is 0 Å². The smallest absolute Gasteiger partial charge is 0.202 e. The summed E-state index contributed by atoms with van der Waals surface area (Å²) < 4.78 is 1.51. The molecule has 1 heterocycles. The minimum atomic E-state index is 0.0351. The quantitative estimate of drug-likeness (QED) is 0.632. The van der Waals surface area contributed by atoms with Crippen molar-refractivity contribution in [1.82, 2.24) is 14.8 Å². The van der Waals surface area contributed by atoms with Crippen molar-refractivity contribution in [3.05, 3.63) is 12.2 Å². The molecule has 66 valence electrons. The highest BCUT2D eigenvalue weighted by atomic mass is 16.1. The molecule has 0 radical (unpaired) electrons. The van der Waals surface area contributed by atoms with E-state index in [1.807, 2.05) is 13.8 Å². The highest BCUT2D eigenvalue weighted by Crippen LogP contribution is 2.07. The predicted molar refractivity (Wildman–Crippen MR) is 44.8 cm³/mol. The summed E-state index contributed by atoms with van der Waals surface area (Å²) in [6.07, 6.45) is 2.24. The Hall–Kier alpha value is -1.19. The minimum Gasteiger partial charge on any atom is -0.290 e. The molecule has 0 aromatic carbocycles. The summed E-state index contributed by atoms with van der Waals surface area (Å²) in [6.45, 7) is 3.88. The van der Waals surface area contributed by atoms with Crippen LogP contribution in [-0.2, 0) is 7.05 Å². The number of rotatable bonds is 3. The van der Waals surface area contributed by atoms with Crippen molar-refractivity contribution < 1.29 is 4.79 Å². The van der Waals surface area contributed by atoms with Crippen LogP contribution in [0.25, 0.3) is 0 Å². The number of aryl methyl sites for hydroxylation is 1. The first kappa shape index (κ1) is 8.90. The third-order valence-electron chi connectivity index (χ3n) is 1.99. The second kappa shape index (κ2) is 3.47. The molecular formula is C8H13N3O. The van der Waals surface area contributed by atoms with Gasteiger partial charge in [-0.2, -0.15) is 5.10 Å². The molecule has 0 saturated carbocycles. The van der Waals surface area contributed by atoms with Gasteiger partial charge in [-0.3, -0.25) is 4.79 Å². The molecule has 4 heteroatoms. The van der Waals surface area contributed by atoms with Crippen molar-refractivity contribution in [1.29, 1.82) is 0 Å². The lowest BCUT2D eigenvalue weighted by Gasteiger charge is -2.04. The molecule has 0 saturated heterocycles. The molecule has 0 aliphatic carbocycles. The van der Waals surface area contributed by atoms with E-state index in [-0.39, 0.29) is 11.7 Å². The van der Waals surface area contributed by atoms with Gasteiger partial charge in [-0.05, 0) is 6.42 Å². The number of hydrogen-bond donors (Lipinski definition) is 0. The van der Waals surface area contributed by atoms with Crippen molar-refractivity contribution in [2.75, 3.05) is 0 Å². The zero-order valence-corrected chi connectivity index (χ0v) is 7.61. The Morgan fingerprint density at radius 2 is 2.42 bits per heavy atom. The van der Waals surface area contributed by atoms with Crippen molar-refractivity contribution in [3.63, 3.8) is 0 Å². The molecule has 1 aromatic heterocycles. The number of aromatic nitrogens is 3. The molecule has 0 N–H and O–H groups in total. The monoisotopic (exact) mass is 167 g/mol. The van der Waals surface area contributed by atoms with Gasteiger partial charge in [-0.1, -0.05) is 13.8 Å². The van der Waals surface area contributed by atoms with E-state index in [9.17, 15) is 4.79 Å². The summed E-state index contributed by atoms with van der Waals surface area (Å²) >= 11 is 0. The Labute approximate surface area is 71.6 Å². The first-order valence-electron chi connectivity index (χ1n) is 4.05. The minimum absolute atomic E-state index is 0.0351. The Bertz CT molecular complexity index is 280. The Balaban J connectivity index is 2.85. The van der Waals surface area contributed by atoms with E-state index in [1.165, 1.54) is 11.0 Å². The number of carbonyl (C=O) groups is 1. The molecule has 0 aliphatic rings. The largest absolute Gasteiger partial charge is 0.290 e. The Morgan fingerprint density at radius 1 is 1.75 bits per heavy atom. The van der Waals surface area contributed by atoms with Crippen molar-refractivity contribution >= 4 is 5.78 Å². The lowest BCUT2D eigenvalue weighted by molar-refractivity contribution is 0.0912. The SMILES string of the molecule is CCC(C)C(=O)c1ncnn1C. The van der Waals surface area contributed by atoms with Gasteiger partial charge in [0.2, 0.25) is 5.78 Å². The van der Waals surface area contributed by atoms with Gasteiger partial charge in [0.25, 0.3) is 0 Å². The average molecular weight is 167 g/mol. The summed E-state index contributed by atoms with van der Waals surface area (Å²) in [4.78, 5) is 15.4. The van der Waals surface area contributed by atoms with E-state index >= 15 is 0 Å². The number of hydrogen-bond acceptors (Lipinski definition) is 3. The van der Waals surface area contributed by atoms with Crippen molar-refractivity contribution in [3.8, 4) is 0 Å². The van der Waals surface area contributed by atoms with Gasteiger partial charge in [0.1, 0.15) is 6.33 Å². The van der Waals surface area contributed by atoms with Crippen LogP contribution in [0, 0.1) is 5.92 Å². The summed E-state index contributed by atoms with van der Waals surface area (Å²) in [7, 11) is 1.72. The number of Topliss-reactive ketones (excluding diaryl/α,β-unsaturated/α-hetero) is 1. The van der Waals surface area contributed by atoms with Crippen LogP contribution in [0.4, 0.5) is 0 Å². The van der Waals surface area contributed by atoms with E-state index in [2.05, 4.69) is 10.1 Å². The van der Waals surface area contributed by atoms with Gasteiger partial charge in [0.15, 0.2) is 5.82 Å². The van der Waals surface area contributed by atoms with Crippen molar-refractivity contribution in [2.45, 2.75) is 20.3 Å². The second-order valence-corrected chi connectivity index (χ2v) is 2.88. The molecule has 1 rings (SSSR count). The third-order valence-corrected chi connectivity index (χ3v) is 1.99. The zero-order valence-electron chi connectivity index (χ0n) is 7.61. The molecule has 0 amide bonds. The topological polar surface area (TPSA) is 47.8 Å². The Kier molecular flexibility index (Phi) is 2.58. The summed E-state index contributed by atoms with van der Waals surface area (Å²) in [5.74, 6) is 0.551. The molecule has 0 spiro atoms. The van der Waals surface area contributed by atoms with Crippen LogP contribution in [0.15, 0.2) is 6.33 Å². The molecule has 12 heavy (non-hydrogen) atoms. The molecule has 1 unspecified atom stereocenters. The van der Waals surface area contributed by atoms with Crippen LogP contribution in [0.3, 0.4) is 0 Å². The van der Waals surface area contributed by atoms with E-state index in [1.54, 1.807) is 7.05 Å². The average Bonchev–Trinajstić information content (AvgIpc) is 2.48. The van der Waals surface area contributed by atoms with Crippen LogP contribution in [0.1, 0.15) is 30.9 Å². The third kappa shape index (κ3) is 1.52. The zero-order chi connectivity index (χ0) is 9.14. The first-order valence-corrected chi connectivity index (χ1v) is 4.05. The maximum atomic E-state index is 11.5. The number of carbonyl (C=O) groups excluding carboxylic acids is 1. The van der Waals surface area contributed by atoms with Crippen LogP contribution in [0.5, 0.6) is 0 Å². The van der Waals surface area contributed by atoms with Gasteiger partial charge in [0.05, 0.1) is 0 Å². The number of ketones is 1. The summed E-state index contributed by atoms with van der Waals surface area (Å²) in [6, 6.07) is 0. The lowest BCUT2D eigenvalue weighted by Crippen LogP contribution is -2.15. The van der Waals surface area contributed by atoms with E-state index in [4.69, 9.17) is 0 Å². The van der Waals surface area contributed by atoms with Crippen molar-refractivity contribution in [2.24, 2.45) is 13.0 Å². The first-order chi connectivity index (χ1) is 5.66. The van der Waals surface area contributed by atoms with E-state index < -0.39 is 0 Å². The molecular weight excluding hydrogens is 154 g/mol. The standard InChI is InChI=1S/C8H13N3O/c1-4-6(2)7(12)8-9-5-10-11(8)3/h5-6H,4H2,1-3H3. The molecule has 1 aromatic rings. The van der Waals surface area contributed by atoms with Gasteiger partial charge in [0, 0.05) is 13.0 Å². The summed E-state index contributed by atoms with van der Waals surface area (Å²) in [5, 5.41) is 3.84. The Morgan fingerprint density at radius 3 is 2.83 bits per heavy atom. The van der Waals surface area contributed by atoms with Gasteiger partial charge < -0.3 is 0 Å². The molecule has 1 atom stereocenters. The maximum absolute atomic E-state index is 11.5. The van der Waals surface area contributed by atoms with Gasteiger partial charge in [-0.15, -0.1) is 0 Å². The van der Waals surface area contributed by atoms with Crippen LogP contribution < -0.4 is 0 Å². The molecule has 0 aliphatic heterocycles. The van der Waals surface area contributed by atoms with Crippen LogP contribution >= 0.6 is 0 Å². The predicted octanol–water partition coefficient (Wildman–Crippen LogP) is 1.04. The fourth-order valence-corrected chi connectivity index (χ4v) is 0.925. The normalized spacial score (nSPS) is 12.9. The van der Waals surface area contributed by atoms with E-state index in [0.717, 1.165) is 6.42 Å². The number of nitrogens with zero attached hydrogens (tertiary/aromatic N) is 3.